The van der Waals surface area contributed by atoms with Crippen molar-refractivity contribution >= 4 is 17.7 Å². The highest BCUT2D eigenvalue weighted by molar-refractivity contribution is 6.04. The highest BCUT2D eigenvalue weighted by Gasteiger charge is 2.34. The lowest BCUT2D eigenvalue weighted by atomic mass is 9.92. The van der Waals surface area contributed by atoms with Crippen LogP contribution in [0.4, 0.5) is 4.79 Å². The number of esters is 1. The van der Waals surface area contributed by atoms with Gasteiger partial charge < -0.3 is 20.1 Å². The van der Waals surface area contributed by atoms with E-state index in [0.29, 0.717) is 11.3 Å². The average Bonchev–Trinajstić information content (AvgIpc) is 2.67. The highest BCUT2D eigenvalue weighted by Crippen LogP contribution is 2.33. The van der Waals surface area contributed by atoms with E-state index in [1.165, 1.54) is 0 Å². The van der Waals surface area contributed by atoms with Crippen LogP contribution in [0.25, 0.3) is 5.70 Å². The Kier molecular flexibility index (Phi) is 6.22. The number of amides is 2. The van der Waals surface area contributed by atoms with E-state index >= 15 is 0 Å². The molecule has 3 rings (SSSR count). The summed E-state index contributed by atoms with van der Waals surface area (Å²) in [5.41, 5.74) is 2.32. The quantitative estimate of drug-likeness (QED) is 0.720. The van der Waals surface area contributed by atoms with E-state index in [-0.39, 0.29) is 18.2 Å². The number of rotatable bonds is 6. The molecule has 1 aliphatic heterocycles. The zero-order valence-corrected chi connectivity index (χ0v) is 17.1. The van der Waals surface area contributed by atoms with Crippen molar-refractivity contribution in [3.8, 4) is 5.75 Å². The minimum Gasteiger partial charge on any atom is -0.491 e. The molecular formula is C23H26N2O4. The van der Waals surface area contributed by atoms with Crippen molar-refractivity contribution in [2.45, 2.75) is 45.9 Å². The number of nitrogens with one attached hydrogen (secondary N) is 2. The minimum absolute atomic E-state index is 0.0561. The Morgan fingerprint density at radius 2 is 1.59 bits per heavy atom. The van der Waals surface area contributed by atoms with E-state index in [0.717, 1.165) is 16.9 Å². The van der Waals surface area contributed by atoms with Crippen molar-refractivity contribution in [3.63, 3.8) is 0 Å². The first-order valence-electron chi connectivity index (χ1n) is 9.70. The fraction of sp³-hybridized carbons (Fsp3) is 0.304. The van der Waals surface area contributed by atoms with Crippen molar-refractivity contribution in [3.05, 3.63) is 71.3 Å². The van der Waals surface area contributed by atoms with Crippen molar-refractivity contribution in [1.29, 1.82) is 0 Å². The molecule has 2 aromatic carbocycles. The zero-order valence-electron chi connectivity index (χ0n) is 17.1. The fourth-order valence-corrected chi connectivity index (χ4v) is 3.16. The van der Waals surface area contributed by atoms with Gasteiger partial charge in [0.15, 0.2) is 0 Å². The monoisotopic (exact) mass is 394 g/mol. The number of hydrogen-bond acceptors (Lipinski definition) is 4. The van der Waals surface area contributed by atoms with Crippen LogP contribution >= 0.6 is 0 Å². The topological polar surface area (TPSA) is 76.7 Å². The van der Waals surface area contributed by atoms with E-state index in [1.54, 1.807) is 13.8 Å². The number of ether oxygens (including phenoxy) is 2. The third-order valence-electron chi connectivity index (χ3n) is 4.28. The second-order valence-electron chi connectivity index (χ2n) is 7.38. The molecule has 0 spiro atoms. The van der Waals surface area contributed by atoms with Crippen LogP contribution in [0, 0.1) is 0 Å². The maximum Gasteiger partial charge on any atom is 0.338 e. The van der Waals surface area contributed by atoms with E-state index in [9.17, 15) is 9.59 Å². The van der Waals surface area contributed by atoms with E-state index in [2.05, 4.69) is 10.6 Å². The molecule has 2 amide bonds. The molecule has 0 aliphatic carbocycles. The van der Waals surface area contributed by atoms with Crippen LogP contribution in [0.1, 0.15) is 44.9 Å². The Morgan fingerprint density at radius 3 is 2.17 bits per heavy atom. The van der Waals surface area contributed by atoms with Crippen LogP contribution in [0.2, 0.25) is 0 Å². The largest absolute Gasteiger partial charge is 0.491 e. The predicted molar refractivity (Wildman–Crippen MR) is 111 cm³/mol. The molecule has 0 saturated carbocycles. The molecule has 1 heterocycles. The number of urea groups is 1. The second kappa shape index (κ2) is 8.82. The van der Waals surface area contributed by atoms with Crippen LogP contribution in [0.5, 0.6) is 5.75 Å². The summed E-state index contributed by atoms with van der Waals surface area (Å²) in [6.45, 7) is 7.50. The summed E-state index contributed by atoms with van der Waals surface area (Å²) in [4.78, 5) is 25.4. The van der Waals surface area contributed by atoms with Crippen LogP contribution < -0.4 is 15.4 Å². The molecule has 152 valence electrons. The molecule has 29 heavy (non-hydrogen) atoms. The molecule has 1 atom stereocenters. The summed E-state index contributed by atoms with van der Waals surface area (Å²) in [7, 11) is 0. The number of benzene rings is 2. The average molecular weight is 394 g/mol. The first-order valence-corrected chi connectivity index (χ1v) is 9.70. The number of carbonyl (C=O) groups excluding carboxylic acids is 2. The maximum atomic E-state index is 13.0. The molecule has 6 nitrogen and oxygen atoms in total. The van der Waals surface area contributed by atoms with E-state index < -0.39 is 12.0 Å². The summed E-state index contributed by atoms with van der Waals surface area (Å²) in [6.07, 6.45) is -0.229. The first kappa shape index (κ1) is 20.5. The van der Waals surface area contributed by atoms with Gasteiger partial charge in [-0.3, -0.25) is 0 Å². The Labute approximate surface area is 170 Å². The number of hydrogen-bond donors (Lipinski definition) is 2. The lowest BCUT2D eigenvalue weighted by Gasteiger charge is -2.30. The maximum absolute atomic E-state index is 13.0. The molecule has 0 radical (unpaired) electrons. The molecule has 2 N–H and O–H groups in total. The Morgan fingerprint density at radius 1 is 0.931 bits per heavy atom. The van der Waals surface area contributed by atoms with Crippen molar-refractivity contribution in [2.75, 3.05) is 0 Å². The van der Waals surface area contributed by atoms with Gasteiger partial charge >= 0.3 is 12.0 Å². The molecule has 6 heteroatoms. The SMILES string of the molecule is CC(C)OC(=O)C1=C(c2ccccc2)NC(=O)NC1c1ccc(OC(C)C)cc1. The molecule has 2 aromatic rings. The molecule has 1 unspecified atom stereocenters. The zero-order chi connectivity index (χ0) is 21.0. The van der Waals surface area contributed by atoms with Gasteiger partial charge in [0.2, 0.25) is 0 Å². The van der Waals surface area contributed by atoms with Crippen LogP contribution in [0.3, 0.4) is 0 Å². The van der Waals surface area contributed by atoms with Crippen molar-refractivity contribution in [2.24, 2.45) is 0 Å². The molecule has 0 fully saturated rings. The molecule has 1 aliphatic rings. The highest BCUT2D eigenvalue weighted by atomic mass is 16.5. The second-order valence-corrected chi connectivity index (χ2v) is 7.38. The lowest BCUT2D eigenvalue weighted by Crippen LogP contribution is -2.45. The van der Waals surface area contributed by atoms with E-state index in [4.69, 9.17) is 9.47 Å². The van der Waals surface area contributed by atoms with Crippen molar-refractivity contribution in [1.82, 2.24) is 10.6 Å². The summed E-state index contributed by atoms with van der Waals surface area (Å²) >= 11 is 0. The van der Waals surface area contributed by atoms with Gasteiger partial charge in [0, 0.05) is 0 Å². The smallest absolute Gasteiger partial charge is 0.338 e. The van der Waals surface area contributed by atoms with Gasteiger partial charge in [-0.05, 0) is 51.0 Å². The first-order chi connectivity index (χ1) is 13.8. The van der Waals surface area contributed by atoms with Crippen LogP contribution in [0.15, 0.2) is 60.2 Å². The normalized spacial score (nSPS) is 16.5. The molecule has 0 bridgehead atoms. The van der Waals surface area contributed by atoms with Gasteiger partial charge in [-0.25, -0.2) is 9.59 Å². The van der Waals surface area contributed by atoms with Gasteiger partial charge in [0.1, 0.15) is 5.75 Å². The third-order valence-corrected chi connectivity index (χ3v) is 4.28. The van der Waals surface area contributed by atoms with Gasteiger partial charge in [0.05, 0.1) is 29.5 Å². The van der Waals surface area contributed by atoms with Crippen molar-refractivity contribution < 1.29 is 19.1 Å². The van der Waals surface area contributed by atoms with Gasteiger partial charge in [-0.2, -0.15) is 0 Å². The predicted octanol–water partition coefficient (Wildman–Crippen LogP) is 4.19. The molecular weight excluding hydrogens is 368 g/mol. The van der Waals surface area contributed by atoms with Gasteiger partial charge in [-0.15, -0.1) is 0 Å². The fourth-order valence-electron chi connectivity index (χ4n) is 3.16. The molecule has 0 saturated heterocycles. The van der Waals surface area contributed by atoms with Gasteiger partial charge in [0.25, 0.3) is 0 Å². The minimum atomic E-state index is -0.640. The summed E-state index contributed by atoms with van der Waals surface area (Å²) in [5.74, 6) is 0.251. The summed E-state index contributed by atoms with van der Waals surface area (Å²) in [6, 6.07) is 15.6. The van der Waals surface area contributed by atoms with Gasteiger partial charge in [-0.1, -0.05) is 42.5 Å². The Bertz CT molecular complexity index is 902. The van der Waals surface area contributed by atoms with Crippen LogP contribution in [-0.2, 0) is 9.53 Å². The standard InChI is InChI=1S/C23H26N2O4/c1-14(2)28-18-12-10-17(11-13-18)21-19(22(26)29-15(3)4)20(24-23(27)25-21)16-8-6-5-7-9-16/h5-15,21H,1-4H3,(H2,24,25,27). The van der Waals surface area contributed by atoms with Crippen LogP contribution in [-0.4, -0.2) is 24.2 Å². The third kappa shape index (κ3) is 4.96. The van der Waals surface area contributed by atoms with E-state index in [1.807, 2.05) is 68.4 Å². The lowest BCUT2D eigenvalue weighted by molar-refractivity contribution is -0.143. The molecule has 0 aromatic heterocycles. The number of carbonyl (C=O) groups is 2. The Hall–Kier alpha value is -3.28. The summed E-state index contributed by atoms with van der Waals surface area (Å²) in [5, 5.41) is 5.63. The summed E-state index contributed by atoms with van der Waals surface area (Å²) < 4.78 is 11.2. The Balaban J connectivity index is 2.07.